The lowest BCUT2D eigenvalue weighted by molar-refractivity contribution is 0.129. The molecule has 1 fully saturated rings. The second kappa shape index (κ2) is 7.01. The summed E-state index contributed by atoms with van der Waals surface area (Å²) in [5.74, 6) is 0.717. The lowest BCUT2D eigenvalue weighted by Gasteiger charge is -2.37. The minimum atomic E-state index is -0.131. The van der Waals surface area contributed by atoms with Crippen molar-refractivity contribution in [3.8, 4) is 0 Å². The summed E-state index contributed by atoms with van der Waals surface area (Å²) in [5, 5.41) is 0. The van der Waals surface area contributed by atoms with E-state index in [1.165, 1.54) is 31.7 Å². The van der Waals surface area contributed by atoms with E-state index in [2.05, 4.69) is 11.8 Å². The molecular formula is C16H25FN2. The van der Waals surface area contributed by atoms with Gasteiger partial charge in [-0.3, -0.25) is 4.90 Å². The Morgan fingerprint density at radius 2 is 2.00 bits per heavy atom. The number of benzene rings is 1. The van der Waals surface area contributed by atoms with E-state index in [1.54, 1.807) is 6.07 Å². The molecule has 1 aliphatic heterocycles. The van der Waals surface area contributed by atoms with Gasteiger partial charge in [-0.25, -0.2) is 4.39 Å². The number of halogens is 1. The molecule has 1 aromatic rings. The Labute approximate surface area is 115 Å². The summed E-state index contributed by atoms with van der Waals surface area (Å²) in [4.78, 5) is 2.35. The third-order valence-corrected chi connectivity index (χ3v) is 4.27. The first kappa shape index (κ1) is 14.5. The number of nitrogens with zero attached hydrogens (tertiary/aromatic N) is 1. The van der Waals surface area contributed by atoms with E-state index in [4.69, 9.17) is 5.73 Å². The summed E-state index contributed by atoms with van der Waals surface area (Å²) in [7, 11) is 0. The van der Waals surface area contributed by atoms with Crippen molar-refractivity contribution in [3.63, 3.8) is 0 Å². The van der Waals surface area contributed by atoms with E-state index < -0.39 is 0 Å². The Hall–Kier alpha value is -0.930. The van der Waals surface area contributed by atoms with Crippen molar-refractivity contribution in [3.05, 3.63) is 35.6 Å². The van der Waals surface area contributed by atoms with Gasteiger partial charge in [0.2, 0.25) is 0 Å². The van der Waals surface area contributed by atoms with Crippen molar-refractivity contribution in [2.75, 3.05) is 19.6 Å². The van der Waals surface area contributed by atoms with Crippen molar-refractivity contribution in [2.45, 2.75) is 38.6 Å². The minimum Gasteiger partial charge on any atom is -0.329 e. The van der Waals surface area contributed by atoms with Crippen molar-refractivity contribution in [1.29, 1.82) is 0 Å². The van der Waals surface area contributed by atoms with Crippen LogP contribution in [0.4, 0.5) is 4.39 Å². The molecule has 1 aliphatic rings. The molecule has 1 atom stereocenters. The maximum absolute atomic E-state index is 13.9. The number of likely N-dealkylation sites (tertiary alicyclic amines) is 1. The summed E-state index contributed by atoms with van der Waals surface area (Å²) >= 11 is 0. The second-order valence-electron chi connectivity index (χ2n) is 5.54. The van der Waals surface area contributed by atoms with E-state index in [-0.39, 0.29) is 11.9 Å². The standard InChI is InChI=1S/C16H25FN2/c1-2-5-13-8-10-19(11-9-13)16(12-18)14-6-3-4-7-15(14)17/h3-4,6-7,13,16H,2,5,8-12,18H2,1H3. The fraction of sp³-hybridized carbons (Fsp3) is 0.625. The molecular weight excluding hydrogens is 239 g/mol. The van der Waals surface area contributed by atoms with Gasteiger partial charge < -0.3 is 5.73 Å². The summed E-state index contributed by atoms with van der Waals surface area (Å²) in [5.41, 5.74) is 6.64. The average Bonchev–Trinajstić information content (AvgIpc) is 2.44. The third-order valence-electron chi connectivity index (χ3n) is 4.27. The molecule has 1 unspecified atom stereocenters. The van der Waals surface area contributed by atoms with Crippen LogP contribution < -0.4 is 5.73 Å². The highest BCUT2D eigenvalue weighted by Gasteiger charge is 2.26. The van der Waals surface area contributed by atoms with Crippen molar-refractivity contribution < 1.29 is 4.39 Å². The molecule has 0 saturated carbocycles. The summed E-state index contributed by atoms with van der Waals surface area (Å²) < 4.78 is 13.9. The number of rotatable bonds is 5. The third kappa shape index (κ3) is 3.54. The minimum absolute atomic E-state index is 0.0313. The number of nitrogens with two attached hydrogens (primary N) is 1. The van der Waals surface area contributed by atoms with E-state index in [9.17, 15) is 4.39 Å². The van der Waals surface area contributed by atoms with Crippen LogP contribution in [-0.4, -0.2) is 24.5 Å². The molecule has 2 rings (SSSR count). The van der Waals surface area contributed by atoms with Gasteiger partial charge in [-0.05, 0) is 37.9 Å². The van der Waals surface area contributed by atoms with Crippen molar-refractivity contribution >= 4 is 0 Å². The zero-order valence-corrected chi connectivity index (χ0v) is 11.8. The van der Waals surface area contributed by atoms with Crippen LogP contribution >= 0.6 is 0 Å². The Morgan fingerprint density at radius 1 is 1.32 bits per heavy atom. The van der Waals surface area contributed by atoms with E-state index in [0.717, 1.165) is 24.6 Å². The predicted molar refractivity (Wildman–Crippen MR) is 77.4 cm³/mol. The molecule has 2 nitrogen and oxygen atoms in total. The first-order chi connectivity index (χ1) is 9.26. The van der Waals surface area contributed by atoms with Gasteiger partial charge in [0.25, 0.3) is 0 Å². The highest BCUT2D eigenvalue weighted by molar-refractivity contribution is 5.21. The van der Waals surface area contributed by atoms with Crippen LogP contribution in [0.25, 0.3) is 0 Å². The monoisotopic (exact) mass is 264 g/mol. The number of hydrogen-bond acceptors (Lipinski definition) is 2. The Balaban J connectivity index is 2.02. The second-order valence-corrected chi connectivity index (χ2v) is 5.54. The number of piperidine rings is 1. The van der Waals surface area contributed by atoms with Crippen LogP contribution in [0.3, 0.4) is 0 Å². The van der Waals surface area contributed by atoms with Crippen molar-refractivity contribution in [1.82, 2.24) is 4.90 Å². The Kier molecular flexibility index (Phi) is 5.34. The molecule has 1 heterocycles. The van der Waals surface area contributed by atoms with Gasteiger partial charge in [0, 0.05) is 18.2 Å². The van der Waals surface area contributed by atoms with Gasteiger partial charge in [-0.2, -0.15) is 0 Å². The predicted octanol–water partition coefficient (Wildman–Crippen LogP) is 3.34. The van der Waals surface area contributed by atoms with E-state index >= 15 is 0 Å². The molecule has 0 radical (unpaired) electrons. The normalized spacial score (nSPS) is 19.5. The highest BCUT2D eigenvalue weighted by atomic mass is 19.1. The molecule has 19 heavy (non-hydrogen) atoms. The molecule has 0 aromatic heterocycles. The van der Waals surface area contributed by atoms with Crippen LogP contribution in [-0.2, 0) is 0 Å². The molecule has 0 aliphatic carbocycles. The highest BCUT2D eigenvalue weighted by Crippen LogP contribution is 2.29. The van der Waals surface area contributed by atoms with Crippen LogP contribution in [0.2, 0.25) is 0 Å². The lowest BCUT2D eigenvalue weighted by atomic mass is 9.91. The molecule has 106 valence electrons. The van der Waals surface area contributed by atoms with Crippen LogP contribution in [0, 0.1) is 11.7 Å². The first-order valence-electron chi connectivity index (χ1n) is 7.44. The van der Waals surface area contributed by atoms with Gasteiger partial charge >= 0.3 is 0 Å². The van der Waals surface area contributed by atoms with Crippen molar-refractivity contribution in [2.24, 2.45) is 11.7 Å². The Morgan fingerprint density at radius 3 is 2.58 bits per heavy atom. The first-order valence-corrected chi connectivity index (χ1v) is 7.44. The Bertz CT molecular complexity index is 386. The maximum atomic E-state index is 13.9. The van der Waals surface area contributed by atoms with Crippen LogP contribution in [0.1, 0.15) is 44.2 Å². The summed E-state index contributed by atoms with van der Waals surface area (Å²) in [6.07, 6.45) is 5.02. The lowest BCUT2D eigenvalue weighted by Crippen LogP contribution is -2.40. The molecule has 1 saturated heterocycles. The van der Waals surface area contributed by atoms with E-state index in [0.29, 0.717) is 6.54 Å². The fourth-order valence-corrected chi connectivity index (χ4v) is 3.18. The van der Waals surface area contributed by atoms with Crippen LogP contribution in [0.15, 0.2) is 24.3 Å². The van der Waals surface area contributed by atoms with Gasteiger partial charge in [0.05, 0.1) is 0 Å². The molecule has 0 bridgehead atoms. The van der Waals surface area contributed by atoms with Gasteiger partial charge in [0.1, 0.15) is 5.82 Å². The van der Waals surface area contributed by atoms with Crippen LogP contribution in [0.5, 0.6) is 0 Å². The van der Waals surface area contributed by atoms with Gasteiger partial charge in [-0.15, -0.1) is 0 Å². The molecule has 3 heteroatoms. The molecule has 2 N–H and O–H groups in total. The fourth-order valence-electron chi connectivity index (χ4n) is 3.18. The SMILES string of the molecule is CCCC1CCN(C(CN)c2ccccc2F)CC1. The molecule has 0 amide bonds. The maximum Gasteiger partial charge on any atom is 0.128 e. The summed E-state index contributed by atoms with van der Waals surface area (Å²) in [6, 6.07) is 7.06. The molecule has 0 spiro atoms. The van der Waals surface area contributed by atoms with E-state index in [1.807, 2.05) is 12.1 Å². The summed E-state index contributed by atoms with van der Waals surface area (Å²) in [6.45, 7) is 4.81. The number of hydrogen-bond donors (Lipinski definition) is 1. The van der Waals surface area contributed by atoms with Gasteiger partial charge in [0.15, 0.2) is 0 Å². The zero-order chi connectivity index (χ0) is 13.7. The van der Waals surface area contributed by atoms with Gasteiger partial charge in [-0.1, -0.05) is 38.0 Å². The smallest absolute Gasteiger partial charge is 0.128 e. The average molecular weight is 264 g/mol. The topological polar surface area (TPSA) is 29.3 Å². The molecule has 1 aromatic carbocycles. The zero-order valence-electron chi connectivity index (χ0n) is 11.8. The quantitative estimate of drug-likeness (QED) is 0.884. The largest absolute Gasteiger partial charge is 0.329 e.